The summed E-state index contributed by atoms with van der Waals surface area (Å²) in [5.41, 5.74) is 0.956. The maximum atomic E-state index is 10.8. The molecule has 1 aliphatic heterocycles. The maximum absolute atomic E-state index is 10.8. The Morgan fingerprint density at radius 1 is 1.20 bits per heavy atom. The zero-order chi connectivity index (χ0) is 14.5. The Morgan fingerprint density at radius 2 is 1.95 bits per heavy atom. The van der Waals surface area contributed by atoms with Gasteiger partial charge in [-0.2, -0.15) is 0 Å². The summed E-state index contributed by atoms with van der Waals surface area (Å²) in [4.78, 5) is 14.9. The van der Waals surface area contributed by atoms with Crippen LogP contribution in [0.25, 0.3) is 0 Å². The van der Waals surface area contributed by atoms with E-state index in [0.717, 1.165) is 24.5 Å². The van der Waals surface area contributed by atoms with Crippen LogP contribution in [0.4, 0.5) is 5.69 Å². The van der Waals surface area contributed by atoms with Crippen LogP contribution in [0.3, 0.4) is 0 Å². The molecule has 1 aliphatic rings. The Morgan fingerprint density at radius 3 is 2.65 bits per heavy atom. The second-order valence-corrected chi connectivity index (χ2v) is 4.97. The van der Waals surface area contributed by atoms with E-state index in [2.05, 4.69) is 9.80 Å². The van der Waals surface area contributed by atoms with Gasteiger partial charge in [0.15, 0.2) is 11.5 Å². The molecule has 0 bridgehead atoms. The van der Waals surface area contributed by atoms with Gasteiger partial charge in [0.2, 0.25) is 6.79 Å². The third kappa shape index (κ3) is 3.77. The first-order valence-electron chi connectivity index (χ1n) is 6.57. The quantitative estimate of drug-likeness (QED) is 0.811. The van der Waals surface area contributed by atoms with Gasteiger partial charge in [0.25, 0.3) is 0 Å². The minimum absolute atomic E-state index is 0.113. The lowest BCUT2D eigenvalue weighted by atomic mass is 10.2. The number of aliphatic carboxylic acids is 1. The molecule has 2 rings (SSSR count). The van der Waals surface area contributed by atoms with Gasteiger partial charge in [-0.15, -0.1) is 0 Å². The number of likely N-dealkylation sites (N-methyl/N-ethyl adjacent to an activating group) is 1. The van der Waals surface area contributed by atoms with Crippen molar-refractivity contribution in [3.63, 3.8) is 0 Å². The van der Waals surface area contributed by atoms with Crippen LogP contribution in [0.2, 0.25) is 0 Å². The van der Waals surface area contributed by atoms with Gasteiger partial charge >= 0.3 is 5.97 Å². The molecule has 0 spiro atoms. The predicted molar refractivity (Wildman–Crippen MR) is 75.6 cm³/mol. The summed E-state index contributed by atoms with van der Waals surface area (Å²) in [6, 6.07) is 5.70. The van der Waals surface area contributed by atoms with Gasteiger partial charge < -0.3 is 24.4 Å². The van der Waals surface area contributed by atoms with E-state index < -0.39 is 5.97 Å². The molecule has 0 saturated carbocycles. The largest absolute Gasteiger partial charge is 0.481 e. The Labute approximate surface area is 118 Å². The molecule has 0 fully saturated rings. The maximum Gasteiger partial charge on any atom is 0.305 e. The highest BCUT2D eigenvalue weighted by molar-refractivity contribution is 5.68. The van der Waals surface area contributed by atoms with Crippen molar-refractivity contribution >= 4 is 11.7 Å². The van der Waals surface area contributed by atoms with Crippen LogP contribution >= 0.6 is 0 Å². The van der Waals surface area contributed by atoms with Crippen LogP contribution in [0.5, 0.6) is 11.5 Å². The molecule has 0 aromatic heterocycles. The molecule has 0 amide bonds. The van der Waals surface area contributed by atoms with Gasteiger partial charge in [0.05, 0.1) is 6.42 Å². The Bertz CT molecular complexity index is 476. The number of rotatable bonds is 7. The minimum atomic E-state index is -0.791. The van der Waals surface area contributed by atoms with Crippen LogP contribution in [0.1, 0.15) is 6.42 Å². The van der Waals surface area contributed by atoms with E-state index in [4.69, 9.17) is 14.6 Å². The first-order chi connectivity index (χ1) is 9.56. The molecule has 20 heavy (non-hydrogen) atoms. The number of hydrogen-bond donors (Lipinski definition) is 1. The smallest absolute Gasteiger partial charge is 0.305 e. The van der Waals surface area contributed by atoms with E-state index in [-0.39, 0.29) is 13.2 Å². The monoisotopic (exact) mass is 280 g/mol. The predicted octanol–water partition coefficient (Wildman–Crippen LogP) is 1.26. The number of hydrogen-bond acceptors (Lipinski definition) is 5. The summed E-state index contributed by atoms with van der Waals surface area (Å²) in [6.07, 6.45) is 0.113. The fraction of sp³-hybridized carbons (Fsp3) is 0.500. The molecule has 110 valence electrons. The van der Waals surface area contributed by atoms with Gasteiger partial charge in [-0.1, -0.05) is 0 Å². The molecule has 0 saturated heterocycles. The van der Waals surface area contributed by atoms with Crippen LogP contribution in [0, 0.1) is 0 Å². The molecule has 1 aromatic rings. The molecule has 0 radical (unpaired) electrons. The number of fused-ring (bicyclic) bond motifs is 1. The van der Waals surface area contributed by atoms with Crippen molar-refractivity contribution in [2.24, 2.45) is 0 Å². The zero-order valence-corrected chi connectivity index (χ0v) is 11.8. The molecule has 1 aromatic carbocycles. The number of carbonyl (C=O) groups is 1. The number of nitrogens with zero attached hydrogens (tertiary/aromatic N) is 2. The number of carboxylic acid groups (broad SMARTS) is 1. The van der Waals surface area contributed by atoms with Crippen molar-refractivity contribution in [1.82, 2.24) is 4.90 Å². The number of carboxylic acids is 1. The lowest BCUT2D eigenvalue weighted by Gasteiger charge is -2.26. The summed E-state index contributed by atoms with van der Waals surface area (Å²) in [7, 11) is 3.99. The molecular weight excluding hydrogens is 260 g/mol. The highest BCUT2D eigenvalue weighted by Crippen LogP contribution is 2.35. The summed E-state index contributed by atoms with van der Waals surface area (Å²) < 4.78 is 10.7. The van der Waals surface area contributed by atoms with E-state index in [9.17, 15) is 4.79 Å². The van der Waals surface area contributed by atoms with Gasteiger partial charge in [0, 0.05) is 31.4 Å². The van der Waals surface area contributed by atoms with Crippen LogP contribution in [-0.4, -0.2) is 56.5 Å². The summed E-state index contributed by atoms with van der Waals surface area (Å²) in [6.45, 7) is 2.34. The molecule has 1 heterocycles. The van der Waals surface area contributed by atoms with Gasteiger partial charge in [-0.25, -0.2) is 0 Å². The van der Waals surface area contributed by atoms with Gasteiger partial charge in [-0.05, 0) is 26.2 Å². The van der Waals surface area contributed by atoms with Crippen molar-refractivity contribution in [3.05, 3.63) is 18.2 Å². The van der Waals surface area contributed by atoms with E-state index in [0.29, 0.717) is 12.3 Å². The third-order valence-corrected chi connectivity index (χ3v) is 3.13. The number of anilines is 1. The average molecular weight is 280 g/mol. The Kier molecular flexibility index (Phi) is 4.68. The molecule has 6 nitrogen and oxygen atoms in total. The molecule has 6 heteroatoms. The zero-order valence-electron chi connectivity index (χ0n) is 11.8. The Hall–Kier alpha value is -1.95. The normalized spacial score (nSPS) is 12.8. The highest BCUT2D eigenvalue weighted by atomic mass is 16.7. The highest BCUT2D eigenvalue weighted by Gasteiger charge is 2.16. The molecule has 0 atom stereocenters. The van der Waals surface area contributed by atoms with E-state index in [1.165, 1.54) is 0 Å². The van der Waals surface area contributed by atoms with Crippen molar-refractivity contribution in [2.45, 2.75) is 6.42 Å². The molecule has 1 N–H and O–H groups in total. The summed E-state index contributed by atoms with van der Waals surface area (Å²) >= 11 is 0. The van der Waals surface area contributed by atoms with Crippen molar-refractivity contribution < 1.29 is 19.4 Å². The van der Waals surface area contributed by atoms with Crippen LogP contribution < -0.4 is 14.4 Å². The lowest BCUT2D eigenvalue weighted by Crippen LogP contribution is -2.33. The standard InChI is InChI=1S/C14H20N2O4/c1-15(2)7-8-16(6-5-14(17)18)11-3-4-12-13(9-11)20-10-19-12/h3-4,9H,5-8,10H2,1-2H3,(H,17,18). The van der Waals surface area contributed by atoms with E-state index in [1.807, 2.05) is 32.3 Å². The van der Waals surface area contributed by atoms with Crippen LogP contribution in [0.15, 0.2) is 18.2 Å². The van der Waals surface area contributed by atoms with Gasteiger partial charge in [-0.3, -0.25) is 4.79 Å². The van der Waals surface area contributed by atoms with Gasteiger partial charge in [0.1, 0.15) is 0 Å². The fourth-order valence-corrected chi connectivity index (χ4v) is 2.00. The van der Waals surface area contributed by atoms with Crippen molar-refractivity contribution in [1.29, 1.82) is 0 Å². The second kappa shape index (κ2) is 6.47. The van der Waals surface area contributed by atoms with E-state index >= 15 is 0 Å². The summed E-state index contributed by atoms with van der Waals surface area (Å²) in [5.74, 6) is 0.660. The molecule has 0 aliphatic carbocycles. The van der Waals surface area contributed by atoms with Crippen molar-refractivity contribution in [2.75, 3.05) is 45.4 Å². The molecule has 0 unspecified atom stereocenters. The topological polar surface area (TPSA) is 62.2 Å². The summed E-state index contributed by atoms with van der Waals surface area (Å²) in [5, 5.41) is 8.86. The molecular formula is C14H20N2O4. The third-order valence-electron chi connectivity index (χ3n) is 3.13. The SMILES string of the molecule is CN(C)CCN(CCC(=O)O)c1ccc2c(c1)OCO2. The fourth-order valence-electron chi connectivity index (χ4n) is 2.00. The van der Waals surface area contributed by atoms with Crippen molar-refractivity contribution in [3.8, 4) is 11.5 Å². The first kappa shape index (κ1) is 14.5. The number of ether oxygens (including phenoxy) is 2. The Balaban J connectivity index is 2.09. The first-order valence-corrected chi connectivity index (χ1v) is 6.57. The second-order valence-electron chi connectivity index (χ2n) is 4.97. The van der Waals surface area contributed by atoms with E-state index in [1.54, 1.807) is 0 Å². The average Bonchev–Trinajstić information content (AvgIpc) is 2.85. The lowest BCUT2D eigenvalue weighted by molar-refractivity contribution is -0.136. The minimum Gasteiger partial charge on any atom is -0.481 e. The van der Waals surface area contributed by atoms with Crippen LogP contribution in [-0.2, 0) is 4.79 Å². The number of benzene rings is 1.